The summed E-state index contributed by atoms with van der Waals surface area (Å²) in [6.45, 7) is 6.26. The van der Waals surface area contributed by atoms with Crippen molar-refractivity contribution in [3.8, 4) is 28.3 Å². The second-order valence-corrected chi connectivity index (χ2v) is 12.4. The van der Waals surface area contributed by atoms with E-state index in [-0.39, 0.29) is 23.1 Å². The molecule has 5 rings (SSSR count). The molecule has 0 aliphatic carbocycles. The standard InChI is InChI=1S/C40H35N3O4/c1-40(2,3)33-19-16-30(17-20-33)37(44)42-35-21-18-32(31-11-7-8-27(22-31)25-41)24-34(35)38(45)43-36(39(46)47)23-26-12-14-29(15-13-26)28-9-5-4-6-10-28/h4-22,24,36H,23H2,1-3H3,(H,42,44)(H,43,45)(H,46,47). The summed E-state index contributed by atoms with van der Waals surface area (Å²) in [4.78, 5) is 39.5. The number of carbonyl (C=O) groups is 3. The zero-order chi connectivity index (χ0) is 33.6. The van der Waals surface area contributed by atoms with Crippen LogP contribution in [0.2, 0.25) is 0 Å². The van der Waals surface area contributed by atoms with Crippen LogP contribution < -0.4 is 10.6 Å². The number of nitriles is 1. The van der Waals surface area contributed by atoms with Gasteiger partial charge in [0, 0.05) is 12.0 Å². The minimum absolute atomic E-state index is 0.0574. The van der Waals surface area contributed by atoms with Crippen molar-refractivity contribution < 1.29 is 19.5 Å². The van der Waals surface area contributed by atoms with E-state index >= 15 is 0 Å². The molecule has 0 aliphatic rings. The van der Waals surface area contributed by atoms with E-state index in [1.807, 2.05) is 72.8 Å². The molecule has 0 radical (unpaired) electrons. The SMILES string of the molecule is CC(C)(C)c1ccc(C(=O)Nc2ccc(-c3cccc(C#N)c3)cc2C(=O)NC(Cc2ccc(-c3ccccc3)cc2)C(=O)O)cc1. The zero-order valence-corrected chi connectivity index (χ0v) is 26.5. The Balaban J connectivity index is 1.42. The topological polar surface area (TPSA) is 119 Å². The molecule has 7 nitrogen and oxygen atoms in total. The van der Waals surface area contributed by atoms with Gasteiger partial charge in [0.25, 0.3) is 11.8 Å². The van der Waals surface area contributed by atoms with Gasteiger partial charge in [-0.3, -0.25) is 9.59 Å². The van der Waals surface area contributed by atoms with E-state index in [1.165, 1.54) is 0 Å². The number of hydrogen-bond donors (Lipinski definition) is 3. The van der Waals surface area contributed by atoms with Gasteiger partial charge >= 0.3 is 5.97 Å². The number of carboxylic acid groups (broad SMARTS) is 1. The van der Waals surface area contributed by atoms with E-state index in [4.69, 9.17) is 0 Å². The monoisotopic (exact) mass is 621 g/mol. The highest BCUT2D eigenvalue weighted by Gasteiger charge is 2.24. The third-order valence-corrected chi connectivity index (χ3v) is 7.95. The van der Waals surface area contributed by atoms with E-state index in [0.717, 1.165) is 22.3 Å². The molecular formula is C40H35N3O4. The summed E-state index contributed by atoms with van der Waals surface area (Å²) in [6, 6.07) is 37.4. The number of benzene rings is 5. The smallest absolute Gasteiger partial charge is 0.326 e. The van der Waals surface area contributed by atoms with E-state index < -0.39 is 23.8 Å². The molecule has 0 heterocycles. The zero-order valence-electron chi connectivity index (χ0n) is 26.5. The van der Waals surface area contributed by atoms with Gasteiger partial charge in [0.1, 0.15) is 6.04 Å². The molecule has 47 heavy (non-hydrogen) atoms. The van der Waals surface area contributed by atoms with Gasteiger partial charge in [-0.2, -0.15) is 5.26 Å². The number of nitrogens with zero attached hydrogens (tertiary/aromatic N) is 1. The first-order chi connectivity index (χ1) is 22.5. The number of carboxylic acids is 1. The molecule has 0 aliphatic heterocycles. The number of carbonyl (C=O) groups excluding carboxylic acids is 2. The van der Waals surface area contributed by atoms with Gasteiger partial charge in [-0.25, -0.2) is 4.79 Å². The van der Waals surface area contributed by atoms with Crippen molar-refractivity contribution in [1.29, 1.82) is 5.26 Å². The molecule has 1 unspecified atom stereocenters. The van der Waals surface area contributed by atoms with Crippen LogP contribution in [-0.4, -0.2) is 28.9 Å². The van der Waals surface area contributed by atoms with Crippen molar-refractivity contribution >= 4 is 23.5 Å². The Morgan fingerprint density at radius 3 is 1.98 bits per heavy atom. The third kappa shape index (κ3) is 7.99. The fourth-order valence-corrected chi connectivity index (χ4v) is 5.24. The maximum atomic E-state index is 13.8. The van der Waals surface area contributed by atoms with Gasteiger partial charge in [-0.05, 0) is 75.2 Å². The molecule has 0 saturated heterocycles. The van der Waals surface area contributed by atoms with Crippen LogP contribution in [0.5, 0.6) is 0 Å². The van der Waals surface area contributed by atoms with Crippen LogP contribution >= 0.6 is 0 Å². The van der Waals surface area contributed by atoms with Crippen LogP contribution in [0.3, 0.4) is 0 Å². The quantitative estimate of drug-likeness (QED) is 0.155. The summed E-state index contributed by atoms with van der Waals surface area (Å²) >= 11 is 0. The number of anilines is 1. The van der Waals surface area contributed by atoms with E-state index in [0.29, 0.717) is 22.3 Å². The molecule has 234 valence electrons. The minimum Gasteiger partial charge on any atom is -0.480 e. The van der Waals surface area contributed by atoms with Gasteiger partial charge in [0.05, 0.1) is 22.9 Å². The van der Waals surface area contributed by atoms with Gasteiger partial charge in [-0.1, -0.05) is 106 Å². The highest BCUT2D eigenvalue weighted by Crippen LogP contribution is 2.28. The molecule has 0 spiro atoms. The summed E-state index contributed by atoms with van der Waals surface area (Å²) in [7, 11) is 0. The molecule has 5 aromatic rings. The van der Waals surface area contributed by atoms with Gasteiger partial charge in [0.15, 0.2) is 0 Å². The lowest BCUT2D eigenvalue weighted by Crippen LogP contribution is -2.42. The average molecular weight is 622 g/mol. The van der Waals surface area contributed by atoms with Crippen molar-refractivity contribution in [1.82, 2.24) is 5.32 Å². The molecule has 2 amide bonds. The Morgan fingerprint density at radius 2 is 1.34 bits per heavy atom. The first-order valence-corrected chi connectivity index (χ1v) is 15.3. The Kier molecular flexibility index (Phi) is 9.63. The average Bonchev–Trinajstić information content (AvgIpc) is 3.08. The summed E-state index contributed by atoms with van der Waals surface area (Å²) in [5, 5.41) is 25.0. The predicted octanol–water partition coefficient (Wildman–Crippen LogP) is 7.87. The Labute approximate surface area is 274 Å². The Morgan fingerprint density at radius 1 is 0.723 bits per heavy atom. The summed E-state index contributed by atoms with van der Waals surface area (Å²) < 4.78 is 0. The van der Waals surface area contributed by atoms with Gasteiger partial charge in [0.2, 0.25) is 0 Å². The number of rotatable bonds is 9. The summed E-state index contributed by atoms with van der Waals surface area (Å²) in [5.74, 6) is -2.25. The van der Waals surface area contributed by atoms with Crippen LogP contribution in [0.25, 0.3) is 22.3 Å². The van der Waals surface area contributed by atoms with E-state index in [9.17, 15) is 24.8 Å². The predicted molar refractivity (Wildman–Crippen MR) is 184 cm³/mol. The van der Waals surface area contributed by atoms with Crippen LogP contribution in [0.1, 0.15) is 58.2 Å². The molecule has 0 fully saturated rings. The molecule has 3 N–H and O–H groups in total. The first kappa shape index (κ1) is 32.4. The highest BCUT2D eigenvalue weighted by atomic mass is 16.4. The van der Waals surface area contributed by atoms with Crippen molar-refractivity contribution in [3.63, 3.8) is 0 Å². The fraction of sp³-hybridized carbons (Fsp3) is 0.150. The fourth-order valence-electron chi connectivity index (χ4n) is 5.24. The number of amides is 2. The van der Waals surface area contributed by atoms with Gasteiger partial charge < -0.3 is 15.7 Å². The lowest BCUT2D eigenvalue weighted by molar-refractivity contribution is -0.139. The molecule has 0 aromatic heterocycles. The second kappa shape index (κ2) is 14.0. The minimum atomic E-state index is -1.23. The largest absolute Gasteiger partial charge is 0.480 e. The highest BCUT2D eigenvalue weighted by molar-refractivity contribution is 6.10. The molecule has 1 atom stereocenters. The van der Waals surface area contributed by atoms with Crippen LogP contribution in [0.4, 0.5) is 5.69 Å². The third-order valence-electron chi connectivity index (χ3n) is 7.95. The number of aliphatic carboxylic acids is 1. The molecular weight excluding hydrogens is 586 g/mol. The van der Waals surface area contributed by atoms with E-state index in [1.54, 1.807) is 48.5 Å². The van der Waals surface area contributed by atoms with Gasteiger partial charge in [-0.15, -0.1) is 0 Å². The van der Waals surface area contributed by atoms with Crippen LogP contribution in [0, 0.1) is 11.3 Å². The number of nitrogens with one attached hydrogen (secondary N) is 2. The molecule has 7 heteroatoms. The number of hydrogen-bond acceptors (Lipinski definition) is 4. The van der Waals surface area contributed by atoms with Crippen molar-refractivity contribution in [2.24, 2.45) is 0 Å². The maximum absolute atomic E-state index is 13.8. The van der Waals surface area contributed by atoms with Crippen LogP contribution in [-0.2, 0) is 16.6 Å². The maximum Gasteiger partial charge on any atom is 0.326 e. The normalized spacial score (nSPS) is 11.6. The lowest BCUT2D eigenvalue weighted by atomic mass is 9.86. The second-order valence-electron chi connectivity index (χ2n) is 12.4. The lowest BCUT2D eigenvalue weighted by Gasteiger charge is -2.19. The van der Waals surface area contributed by atoms with Crippen LogP contribution in [0.15, 0.2) is 121 Å². The molecule has 0 saturated carbocycles. The van der Waals surface area contributed by atoms with Crippen molar-refractivity contribution in [2.45, 2.75) is 38.6 Å². The first-order valence-electron chi connectivity index (χ1n) is 15.3. The van der Waals surface area contributed by atoms with Crippen molar-refractivity contribution in [2.75, 3.05) is 5.32 Å². The molecule has 5 aromatic carbocycles. The summed E-state index contributed by atoms with van der Waals surface area (Å²) in [5.41, 5.74) is 6.29. The van der Waals surface area contributed by atoms with Crippen molar-refractivity contribution in [3.05, 3.63) is 149 Å². The summed E-state index contributed by atoms with van der Waals surface area (Å²) in [6.07, 6.45) is 0.0574. The van der Waals surface area contributed by atoms with E-state index in [2.05, 4.69) is 37.5 Å². The Hall–Kier alpha value is -6.00. The Bertz CT molecular complexity index is 1950. The molecule has 0 bridgehead atoms.